The summed E-state index contributed by atoms with van der Waals surface area (Å²) >= 11 is 0. The number of hydrogen-bond acceptors (Lipinski definition) is 5. The minimum Gasteiger partial charge on any atom is -0.489 e. The van der Waals surface area contributed by atoms with Crippen LogP contribution in [0.2, 0.25) is 0 Å². The monoisotopic (exact) mass is 258 g/mol. The molecule has 0 saturated carbocycles. The molecule has 98 valence electrons. The molecule has 1 aliphatic heterocycles. The van der Waals surface area contributed by atoms with Crippen LogP contribution < -0.4 is 25.7 Å². The summed E-state index contributed by atoms with van der Waals surface area (Å²) in [6.07, 6.45) is 0. The summed E-state index contributed by atoms with van der Waals surface area (Å²) in [6, 6.07) is 10.9. The van der Waals surface area contributed by atoms with Gasteiger partial charge >= 0.3 is 0 Å². The SMILES string of the molecule is Nc1ccc(OCc2ccc3c(c2)OCO3)cc1N. The molecule has 0 radical (unpaired) electrons. The first-order chi connectivity index (χ1) is 9.22. The Hall–Kier alpha value is -2.56. The van der Waals surface area contributed by atoms with Crippen LogP contribution in [0.25, 0.3) is 0 Å². The minimum absolute atomic E-state index is 0.272. The summed E-state index contributed by atoms with van der Waals surface area (Å²) in [7, 11) is 0. The molecule has 19 heavy (non-hydrogen) atoms. The highest BCUT2D eigenvalue weighted by Gasteiger charge is 2.13. The Balaban J connectivity index is 1.70. The number of ether oxygens (including phenoxy) is 3. The Morgan fingerprint density at radius 1 is 0.947 bits per heavy atom. The third-order valence-electron chi connectivity index (χ3n) is 2.90. The highest BCUT2D eigenvalue weighted by Crippen LogP contribution is 2.32. The van der Waals surface area contributed by atoms with E-state index in [0.29, 0.717) is 23.7 Å². The number of hydrogen-bond donors (Lipinski definition) is 2. The third kappa shape index (κ3) is 2.35. The van der Waals surface area contributed by atoms with Crippen LogP contribution in [0.3, 0.4) is 0 Å². The van der Waals surface area contributed by atoms with Gasteiger partial charge in [-0.1, -0.05) is 6.07 Å². The van der Waals surface area contributed by atoms with Gasteiger partial charge in [-0.05, 0) is 29.8 Å². The molecule has 4 N–H and O–H groups in total. The van der Waals surface area contributed by atoms with E-state index in [1.807, 2.05) is 18.2 Å². The van der Waals surface area contributed by atoms with Gasteiger partial charge in [0, 0.05) is 6.07 Å². The molecule has 0 amide bonds. The number of benzene rings is 2. The quantitative estimate of drug-likeness (QED) is 0.825. The molecule has 5 nitrogen and oxygen atoms in total. The lowest BCUT2D eigenvalue weighted by Crippen LogP contribution is -1.98. The van der Waals surface area contributed by atoms with Crippen molar-refractivity contribution in [1.29, 1.82) is 0 Å². The van der Waals surface area contributed by atoms with Crippen molar-refractivity contribution >= 4 is 11.4 Å². The first-order valence-electron chi connectivity index (χ1n) is 5.89. The Kier molecular flexibility index (Phi) is 2.79. The predicted octanol–water partition coefficient (Wildman–Crippen LogP) is 2.16. The molecule has 0 bridgehead atoms. The van der Waals surface area contributed by atoms with Crippen molar-refractivity contribution < 1.29 is 14.2 Å². The van der Waals surface area contributed by atoms with E-state index < -0.39 is 0 Å². The molecule has 0 atom stereocenters. The molecule has 0 fully saturated rings. The second kappa shape index (κ2) is 4.61. The van der Waals surface area contributed by atoms with Crippen molar-refractivity contribution in [3.63, 3.8) is 0 Å². The first kappa shape index (κ1) is 11.5. The van der Waals surface area contributed by atoms with Crippen LogP contribution in [0, 0.1) is 0 Å². The zero-order valence-corrected chi connectivity index (χ0v) is 10.3. The van der Waals surface area contributed by atoms with E-state index in [1.54, 1.807) is 18.2 Å². The average molecular weight is 258 g/mol. The summed E-state index contributed by atoms with van der Waals surface area (Å²) < 4.78 is 16.2. The van der Waals surface area contributed by atoms with Crippen molar-refractivity contribution in [3.8, 4) is 17.2 Å². The van der Waals surface area contributed by atoms with Crippen molar-refractivity contribution in [1.82, 2.24) is 0 Å². The Bertz CT molecular complexity index is 614. The highest BCUT2D eigenvalue weighted by molar-refractivity contribution is 5.65. The van der Waals surface area contributed by atoms with Crippen LogP contribution in [-0.4, -0.2) is 6.79 Å². The molecular formula is C14H14N2O3. The maximum Gasteiger partial charge on any atom is 0.231 e. The normalized spacial score (nSPS) is 12.4. The van der Waals surface area contributed by atoms with Crippen LogP contribution in [0.1, 0.15) is 5.56 Å². The second-order valence-electron chi connectivity index (χ2n) is 4.27. The lowest BCUT2D eigenvalue weighted by atomic mass is 10.2. The molecule has 0 aromatic heterocycles. The van der Waals surface area contributed by atoms with Gasteiger partial charge < -0.3 is 25.7 Å². The van der Waals surface area contributed by atoms with Crippen molar-refractivity contribution in [2.24, 2.45) is 0 Å². The van der Waals surface area contributed by atoms with Gasteiger partial charge in [-0.25, -0.2) is 0 Å². The zero-order valence-electron chi connectivity index (χ0n) is 10.3. The Morgan fingerprint density at radius 3 is 2.63 bits per heavy atom. The molecule has 2 aromatic rings. The second-order valence-corrected chi connectivity index (χ2v) is 4.27. The topological polar surface area (TPSA) is 79.7 Å². The van der Waals surface area contributed by atoms with Crippen LogP contribution >= 0.6 is 0 Å². The molecule has 1 heterocycles. The van der Waals surface area contributed by atoms with Crippen LogP contribution in [0.5, 0.6) is 17.2 Å². The summed E-state index contributed by atoms with van der Waals surface area (Å²) in [5.41, 5.74) is 13.4. The van der Waals surface area contributed by atoms with E-state index >= 15 is 0 Å². The highest BCUT2D eigenvalue weighted by atomic mass is 16.7. The fraction of sp³-hybridized carbons (Fsp3) is 0.143. The number of rotatable bonds is 3. The molecule has 2 aromatic carbocycles. The van der Waals surface area contributed by atoms with Gasteiger partial charge in [-0.3, -0.25) is 0 Å². The molecule has 0 spiro atoms. The first-order valence-corrected chi connectivity index (χ1v) is 5.89. The van der Waals surface area contributed by atoms with E-state index in [0.717, 1.165) is 17.1 Å². The predicted molar refractivity (Wildman–Crippen MR) is 72.2 cm³/mol. The van der Waals surface area contributed by atoms with Gasteiger partial charge in [0.25, 0.3) is 0 Å². The van der Waals surface area contributed by atoms with Crippen molar-refractivity contribution in [2.75, 3.05) is 18.3 Å². The number of nitrogen functional groups attached to an aromatic ring is 2. The fourth-order valence-corrected chi connectivity index (χ4v) is 1.84. The standard InChI is InChI=1S/C14H14N2O3/c15-11-3-2-10(6-12(11)16)17-7-9-1-4-13-14(5-9)19-8-18-13/h1-6H,7-8,15-16H2. The smallest absolute Gasteiger partial charge is 0.231 e. The zero-order chi connectivity index (χ0) is 13.2. The van der Waals surface area contributed by atoms with Gasteiger partial charge in [0.05, 0.1) is 11.4 Å². The maximum atomic E-state index is 5.72. The maximum absolute atomic E-state index is 5.72. The summed E-state index contributed by atoms with van der Waals surface area (Å²) in [4.78, 5) is 0. The number of anilines is 2. The molecular weight excluding hydrogens is 244 g/mol. The number of fused-ring (bicyclic) bond motifs is 1. The molecule has 0 unspecified atom stereocenters. The molecule has 0 saturated heterocycles. The van der Waals surface area contributed by atoms with Crippen LogP contribution in [0.4, 0.5) is 11.4 Å². The van der Waals surface area contributed by atoms with Gasteiger partial charge in [-0.15, -0.1) is 0 Å². The van der Waals surface area contributed by atoms with E-state index in [4.69, 9.17) is 25.7 Å². The number of nitrogens with two attached hydrogens (primary N) is 2. The van der Waals surface area contributed by atoms with Gasteiger partial charge in [0.15, 0.2) is 11.5 Å². The Morgan fingerprint density at radius 2 is 1.79 bits per heavy atom. The van der Waals surface area contributed by atoms with Gasteiger partial charge in [0.1, 0.15) is 12.4 Å². The van der Waals surface area contributed by atoms with Crippen molar-refractivity contribution in [2.45, 2.75) is 6.61 Å². The molecule has 3 rings (SSSR count). The molecule has 1 aliphatic rings. The summed E-state index contributed by atoms with van der Waals surface area (Å²) in [6.45, 7) is 0.703. The largest absolute Gasteiger partial charge is 0.489 e. The molecule has 0 aliphatic carbocycles. The third-order valence-corrected chi connectivity index (χ3v) is 2.90. The van der Waals surface area contributed by atoms with E-state index in [2.05, 4.69) is 0 Å². The lowest BCUT2D eigenvalue weighted by Gasteiger charge is -2.08. The summed E-state index contributed by atoms with van der Waals surface area (Å²) in [5.74, 6) is 2.20. The van der Waals surface area contributed by atoms with Crippen LogP contribution in [-0.2, 0) is 6.61 Å². The Labute approximate surface area is 110 Å². The lowest BCUT2D eigenvalue weighted by molar-refractivity contribution is 0.174. The minimum atomic E-state index is 0.272. The summed E-state index contributed by atoms with van der Waals surface area (Å²) in [5, 5.41) is 0. The van der Waals surface area contributed by atoms with Gasteiger partial charge in [-0.2, -0.15) is 0 Å². The van der Waals surface area contributed by atoms with Crippen molar-refractivity contribution in [3.05, 3.63) is 42.0 Å². The van der Waals surface area contributed by atoms with E-state index in [9.17, 15) is 0 Å². The molecule has 5 heteroatoms. The average Bonchev–Trinajstić information content (AvgIpc) is 2.87. The van der Waals surface area contributed by atoms with Gasteiger partial charge in [0.2, 0.25) is 6.79 Å². The fourth-order valence-electron chi connectivity index (χ4n) is 1.84. The van der Waals surface area contributed by atoms with E-state index in [1.165, 1.54) is 0 Å². The van der Waals surface area contributed by atoms with E-state index in [-0.39, 0.29) is 6.79 Å². The van der Waals surface area contributed by atoms with Crippen LogP contribution in [0.15, 0.2) is 36.4 Å².